The highest BCUT2D eigenvalue weighted by atomic mass is 35.5. The first-order valence-electron chi connectivity index (χ1n) is 5.02. The van der Waals surface area contributed by atoms with E-state index in [1.807, 2.05) is 0 Å². The third-order valence-electron chi connectivity index (χ3n) is 2.89. The lowest BCUT2D eigenvalue weighted by Crippen LogP contribution is -2.21. The zero-order valence-electron chi connectivity index (χ0n) is 9.07. The molecule has 1 aliphatic rings. The van der Waals surface area contributed by atoms with E-state index in [9.17, 15) is 13.2 Å². The van der Waals surface area contributed by atoms with Crippen LogP contribution in [0.2, 0.25) is 5.02 Å². The van der Waals surface area contributed by atoms with Gasteiger partial charge in [0.1, 0.15) is 5.75 Å². The fraction of sp³-hybridized carbons (Fsp3) is 0.455. The minimum Gasteiger partial charge on any atom is -0.496 e. The number of hydrogen-bond donors (Lipinski definition) is 1. The summed E-state index contributed by atoms with van der Waals surface area (Å²) in [5.74, 6) is -0.220. The molecule has 0 bridgehead atoms. The van der Waals surface area contributed by atoms with Crippen molar-refractivity contribution >= 4 is 11.6 Å². The maximum atomic E-state index is 12.8. The van der Waals surface area contributed by atoms with E-state index in [-0.39, 0.29) is 10.8 Å². The van der Waals surface area contributed by atoms with E-state index >= 15 is 0 Å². The van der Waals surface area contributed by atoms with Gasteiger partial charge in [-0.05, 0) is 25.0 Å². The van der Waals surface area contributed by atoms with Crippen LogP contribution in [-0.2, 0) is 11.7 Å². The fourth-order valence-corrected chi connectivity index (χ4v) is 2.02. The van der Waals surface area contributed by atoms with Gasteiger partial charge in [-0.25, -0.2) is 0 Å². The van der Waals surface area contributed by atoms with Crippen molar-refractivity contribution in [3.63, 3.8) is 0 Å². The molecule has 1 saturated carbocycles. The lowest BCUT2D eigenvalue weighted by Gasteiger charge is -2.19. The summed E-state index contributed by atoms with van der Waals surface area (Å²) in [4.78, 5) is 0. The summed E-state index contributed by atoms with van der Waals surface area (Å²) < 4.78 is 43.3. The molecule has 1 aromatic rings. The Morgan fingerprint density at radius 3 is 2.35 bits per heavy atom. The fourth-order valence-electron chi connectivity index (χ4n) is 1.80. The summed E-state index contributed by atoms with van der Waals surface area (Å²) in [6, 6.07) is 2.30. The van der Waals surface area contributed by atoms with Crippen LogP contribution in [0.4, 0.5) is 13.2 Å². The van der Waals surface area contributed by atoms with Gasteiger partial charge >= 0.3 is 6.18 Å². The number of ether oxygens (including phenoxy) is 1. The lowest BCUT2D eigenvalue weighted by atomic mass is 10.0. The van der Waals surface area contributed by atoms with Crippen LogP contribution in [0.3, 0.4) is 0 Å². The maximum absolute atomic E-state index is 12.8. The molecule has 1 aromatic carbocycles. The molecule has 1 fully saturated rings. The smallest absolute Gasteiger partial charge is 0.420 e. The van der Waals surface area contributed by atoms with Gasteiger partial charge < -0.3 is 10.5 Å². The molecule has 0 aromatic heterocycles. The van der Waals surface area contributed by atoms with Crippen LogP contribution in [0.5, 0.6) is 5.75 Å². The van der Waals surface area contributed by atoms with E-state index in [1.54, 1.807) is 0 Å². The van der Waals surface area contributed by atoms with Crippen molar-refractivity contribution in [1.82, 2.24) is 0 Å². The summed E-state index contributed by atoms with van der Waals surface area (Å²) in [5, 5.41) is 0.0184. The van der Waals surface area contributed by atoms with Crippen LogP contribution in [0.25, 0.3) is 0 Å². The molecule has 0 saturated heterocycles. The molecule has 2 N–H and O–H groups in total. The van der Waals surface area contributed by atoms with Gasteiger partial charge in [0.05, 0.1) is 12.7 Å². The third-order valence-corrected chi connectivity index (χ3v) is 3.11. The Hall–Kier alpha value is -0.940. The van der Waals surface area contributed by atoms with Crippen molar-refractivity contribution in [3.8, 4) is 5.75 Å². The third kappa shape index (κ3) is 2.21. The predicted octanol–water partition coefficient (Wildman–Crippen LogP) is 3.32. The van der Waals surface area contributed by atoms with Gasteiger partial charge in [0, 0.05) is 16.1 Å². The minimum atomic E-state index is -4.50. The Labute approximate surface area is 102 Å². The molecule has 17 heavy (non-hydrogen) atoms. The SMILES string of the molecule is COc1c(C(F)(F)F)cc(Cl)cc1C1(N)CC1. The standard InChI is InChI=1S/C11H11ClF3NO/c1-17-9-7(10(16)2-3-10)4-6(12)5-8(9)11(13,14)15/h4-5H,2-3,16H2,1H3. The Morgan fingerprint density at radius 2 is 1.94 bits per heavy atom. The first kappa shape index (κ1) is 12.5. The highest BCUT2D eigenvalue weighted by Crippen LogP contribution is 2.50. The van der Waals surface area contributed by atoms with Crippen LogP contribution in [0, 0.1) is 0 Å². The number of rotatable bonds is 2. The van der Waals surface area contributed by atoms with Gasteiger partial charge in [0.25, 0.3) is 0 Å². The number of hydrogen-bond acceptors (Lipinski definition) is 2. The first-order chi connectivity index (χ1) is 7.78. The predicted molar refractivity (Wildman–Crippen MR) is 58.1 cm³/mol. The average Bonchev–Trinajstić information content (AvgIpc) is 2.95. The van der Waals surface area contributed by atoms with E-state index in [1.165, 1.54) is 13.2 Å². The van der Waals surface area contributed by atoms with Crippen LogP contribution >= 0.6 is 11.6 Å². The molecule has 0 aliphatic heterocycles. The Balaban J connectivity index is 2.64. The van der Waals surface area contributed by atoms with Gasteiger partial charge in [0.2, 0.25) is 0 Å². The van der Waals surface area contributed by atoms with Gasteiger partial charge in [-0.1, -0.05) is 11.6 Å². The highest BCUT2D eigenvalue weighted by Gasteiger charge is 2.45. The summed E-state index contributed by atoms with van der Waals surface area (Å²) in [6.45, 7) is 0. The summed E-state index contributed by atoms with van der Waals surface area (Å²) in [7, 11) is 1.20. The van der Waals surface area contributed by atoms with Gasteiger partial charge in [0.15, 0.2) is 0 Å². The quantitative estimate of drug-likeness (QED) is 0.890. The number of benzene rings is 1. The van der Waals surface area contributed by atoms with E-state index in [0.29, 0.717) is 18.4 Å². The molecule has 0 amide bonds. The molecule has 0 unspecified atom stereocenters. The summed E-state index contributed by atoms with van der Waals surface area (Å²) >= 11 is 5.71. The van der Waals surface area contributed by atoms with E-state index in [4.69, 9.17) is 22.1 Å². The highest BCUT2D eigenvalue weighted by molar-refractivity contribution is 6.30. The number of halogens is 4. The summed E-state index contributed by atoms with van der Waals surface area (Å²) in [6.07, 6.45) is -3.22. The normalized spacial score (nSPS) is 18.0. The summed E-state index contributed by atoms with van der Waals surface area (Å²) in [5.41, 5.74) is 4.65. The second kappa shape index (κ2) is 3.78. The zero-order valence-corrected chi connectivity index (χ0v) is 9.82. The van der Waals surface area contributed by atoms with E-state index in [0.717, 1.165) is 6.07 Å². The number of alkyl halides is 3. The zero-order chi connectivity index (χ0) is 12.8. The molecule has 2 rings (SSSR count). The maximum Gasteiger partial charge on any atom is 0.420 e. The van der Waals surface area contributed by atoms with Crippen molar-refractivity contribution in [2.45, 2.75) is 24.6 Å². The largest absolute Gasteiger partial charge is 0.496 e. The van der Waals surface area contributed by atoms with Crippen LogP contribution in [0.15, 0.2) is 12.1 Å². The van der Waals surface area contributed by atoms with Gasteiger partial charge in [-0.15, -0.1) is 0 Å². The average molecular weight is 266 g/mol. The van der Waals surface area contributed by atoms with E-state index in [2.05, 4.69) is 0 Å². The van der Waals surface area contributed by atoms with Crippen LogP contribution in [-0.4, -0.2) is 7.11 Å². The van der Waals surface area contributed by atoms with Crippen molar-refractivity contribution in [3.05, 3.63) is 28.3 Å². The number of methoxy groups -OCH3 is 1. The Bertz CT molecular complexity index is 428. The monoisotopic (exact) mass is 265 g/mol. The van der Waals surface area contributed by atoms with Crippen molar-refractivity contribution in [2.24, 2.45) is 5.73 Å². The molecule has 6 heteroatoms. The molecule has 0 atom stereocenters. The lowest BCUT2D eigenvalue weighted by molar-refractivity contribution is -0.138. The molecule has 94 valence electrons. The molecule has 0 heterocycles. The van der Waals surface area contributed by atoms with Gasteiger partial charge in [-0.3, -0.25) is 0 Å². The van der Waals surface area contributed by atoms with Crippen molar-refractivity contribution in [2.75, 3.05) is 7.11 Å². The molecule has 2 nitrogen and oxygen atoms in total. The molecular weight excluding hydrogens is 255 g/mol. The first-order valence-corrected chi connectivity index (χ1v) is 5.40. The van der Waals surface area contributed by atoms with Gasteiger partial charge in [-0.2, -0.15) is 13.2 Å². The minimum absolute atomic E-state index is 0.0184. The topological polar surface area (TPSA) is 35.2 Å². The second-order valence-electron chi connectivity index (χ2n) is 4.19. The van der Waals surface area contributed by atoms with Crippen molar-refractivity contribution in [1.29, 1.82) is 0 Å². The molecular formula is C11H11ClF3NO. The molecule has 1 aliphatic carbocycles. The molecule has 0 spiro atoms. The van der Waals surface area contributed by atoms with Crippen LogP contribution in [0.1, 0.15) is 24.0 Å². The Morgan fingerprint density at radius 1 is 1.35 bits per heavy atom. The Kier molecular flexibility index (Phi) is 2.78. The number of nitrogens with two attached hydrogens (primary N) is 1. The van der Waals surface area contributed by atoms with Crippen molar-refractivity contribution < 1.29 is 17.9 Å². The second-order valence-corrected chi connectivity index (χ2v) is 4.62. The van der Waals surface area contributed by atoms with E-state index < -0.39 is 17.3 Å². The van der Waals surface area contributed by atoms with Crippen LogP contribution < -0.4 is 10.5 Å². The molecule has 0 radical (unpaired) electrons.